The van der Waals surface area contributed by atoms with Gasteiger partial charge in [-0.1, -0.05) is 17.4 Å². The lowest BCUT2D eigenvalue weighted by molar-refractivity contribution is -0.120. The highest BCUT2D eigenvalue weighted by molar-refractivity contribution is 7.22. The maximum atomic E-state index is 12.5. The molecular formula is C21H21N3O3S. The van der Waals surface area contributed by atoms with Crippen molar-refractivity contribution in [1.29, 1.82) is 0 Å². The van der Waals surface area contributed by atoms with Gasteiger partial charge in [-0.15, -0.1) is 0 Å². The number of nitrogens with one attached hydrogen (secondary N) is 1. The molecule has 1 amide bonds. The number of fused-ring (bicyclic) bond motifs is 1. The molecule has 0 aliphatic carbocycles. The zero-order valence-electron chi connectivity index (χ0n) is 15.8. The molecule has 3 aromatic rings. The molecule has 1 fully saturated rings. The Hall–Kier alpha value is -2.93. The van der Waals surface area contributed by atoms with Crippen molar-refractivity contribution in [2.75, 3.05) is 29.9 Å². The van der Waals surface area contributed by atoms with E-state index in [1.54, 1.807) is 42.5 Å². The van der Waals surface area contributed by atoms with Crippen LogP contribution in [0.5, 0.6) is 0 Å². The van der Waals surface area contributed by atoms with E-state index in [1.165, 1.54) is 10.3 Å². The molecule has 4 rings (SSSR count). The Morgan fingerprint density at radius 3 is 2.68 bits per heavy atom. The van der Waals surface area contributed by atoms with E-state index in [-0.39, 0.29) is 17.8 Å². The SMILES string of the molecule is CCOC(=O)c1ccc(NC(=O)C2CN(c3nc4ccc(C)cc4s3)C2)cc1. The van der Waals surface area contributed by atoms with Crippen molar-refractivity contribution < 1.29 is 14.3 Å². The van der Waals surface area contributed by atoms with Gasteiger partial charge in [-0.3, -0.25) is 4.79 Å². The molecule has 0 bridgehead atoms. The van der Waals surface area contributed by atoms with E-state index < -0.39 is 0 Å². The van der Waals surface area contributed by atoms with Crippen molar-refractivity contribution in [2.45, 2.75) is 13.8 Å². The maximum absolute atomic E-state index is 12.5. The number of ether oxygens (including phenoxy) is 1. The van der Waals surface area contributed by atoms with Gasteiger partial charge in [0, 0.05) is 18.8 Å². The first-order valence-electron chi connectivity index (χ1n) is 9.23. The summed E-state index contributed by atoms with van der Waals surface area (Å²) in [6.45, 7) is 5.49. The number of hydrogen-bond acceptors (Lipinski definition) is 6. The molecule has 2 aromatic carbocycles. The second-order valence-electron chi connectivity index (χ2n) is 6.86. The molecule has 28 heavy (non-hydrogen) atoms. The van der Waals surface area contributed by atoms with Crippen molar-refractivity contribution in [3.63, 3.8) is 0 Å². The Kier molecular flexibility index (Phi) is 5.00. The Morgan fingerprint density at radius 2 is 1.96 bits per heavy atom. The number of amides is 1. The van der Waals surface area contributed by atoms with Gasteiger partial charge in [0.25, 0.3) is 0 Å². The molecule has 144 valence electrons. The number of carbonyl (C=O) groups excluding carboxylic acids is 2. The van der Waals surface area contributed by atoms with Crippen molar-refractivity contribution in [3.05, 3.63) is 53.6 Å². The minimum Gasteiger partial charge on any atom is -0.462 e. The molecule has 1 aromatic heterocycles. The van der Waals surface area contributed by atoms with Gasteiger partial charge in [0.15, 0.2) is 5.13 Å². The summed E-state index contributed by atoms with van der Waals surface area (Å²) in [5, 5.41) is 3.87. The van der Waals surface area contributed by atoms with Crippen LogP contribution in [0.4, 0.5) is 10.8 Å². The third-order valence-corrected chi connectivity index (χ3v) is 5.80. The molecule has 2 heterocycles. The fourth-order valence-corrected chi connectivity index (χ4v) is 4.19. The Morgan fingerprint density at radius 1 is 1.21 bits per heavy atom. The summed E-state index contributed by atoms with van der Waals surface area (Å²) in [5.74, 6) is -0.448. The predicted molar refractivity (Wildman–Crippen MR) is 111 cm³/mol. The summed E-state index contributed by atoms with van der Waals surface area (Å²) in [7, 11) is 0. The van der Waals surface area contributed by atoms with Gasteiger partial charge in [0.2, 0.25) is 5.91 Å². The van der Waals surface area contributed by atoms with Crippen LogP contribution < -0.4 is 10.2 Å². The normalized spacial score (nSPS) is 14.0. The molecule has 1 saturated heterocycles. The predicted octanol–water partition coefficient (Wildman–Crippen LogP) is 3.86. The summed E-state index contributed by atoms with van der Waals surface area (Å²) in [6.07, 6.45) is 0. The number of esters is 1. The first kappa shape index (κ1) is 18.4. The quantitative estimate of drug-likeness (QED) is 0.664. The van der Waals surface area contributed by atoms with E-state index in [0.717, 1.165) is 10.6 Å². The van der Waals surface area contributed by atoms with Gasteiger partial charge in [-0.05, 0) is 55.8 Å². The fourth-order valence-electron chi connectivity index (χ4n) is 3.10. The second kappa shape index (κ2) is 7.59. The van der Waals surface area contributed by atoms with E-state index in [1.807, 2.05) is 6.07 Å². The van der Waals surface area contributed by atoms with Gasteiger partial charge in [0.05, 0.1) is 28.3 Å². The first-order chi connectivity index (χ1) is 13.5. The molecular weight excluding hydrogens is 374 g/mol. The monoisotopic (exact) mass is 395 g/mol. The Labute approximate surface area is 167 Å². The second-order valence-corrected chi connectivity index (χ2v) is 7.87. The van der Waals surface area contributed by atoms with Gasteiger partial charge in [0.1, 0.15) is 0 Å². The van der Waals surface area contributed by atoms with Crippen molar-refractivity contribution in [3.8, 4) is 0 Å². The Bertz CT molecular complexity index is 1020. The molecule has 1 aliphatic heterocycles. The molecule has 1 aliphatic rings. The van der Waals surface area contributed by atoms with Crippen LogP contribution >= 0.6 is 11.3 Å². The van der Waals surface area contributed by atoms with E-state index in [2.05, 4.69) is 34.3 Å². The highest BCUT2D eigenvalue weighted by atomic mass is 32.1. The van der Waals surface area contributed by atoms with Crippen LogP contribution in [0.1, 0.15) is 22.8 Å². The molecule has 0 radical (unpaired) electrons. The van der Waals surface area contributed by atoms with Gasteiger partial charge in [-0.2, -0.15) is 0 Å². The van der Waals surface area contributed by atoms with E-state index in [9.17, 15) is 9.59 Å². The van der Waals surface area contributed by atoms with E-state index in [4.69, 9.17) is 4.74 Å². The summed E-state index contributed by atoms with van der Waals surface area (Å²) >= 11 is 1.66. The number of aryl methyl sites for hydroxylation is 1. The number of nitrogens with zero attached hydrogens (tertiary/aromatic N) is 2. The zero-order chi connectivity index (χ0) is 19.7. The minimum atomic E-state index is -0.360. The average Bonchev–Trinajstić information content (AvgIpc) is 3.03. The number of anilines is 2. The van der Waals surface area contributed by atoms with Gasteiger partial charge >= 0.3 is 5.97 Å². The molecule has 0 saturated carbocycles. The number of hydrogen-bond donors (Lipinski definition) is 1. The summed E-state index contributed by atoms with van der Waals surface area (Å²) in [6, 6.07) is 13.0. The standard InChI is InChI=1S/C21H21N3O3S/c1-3-27-20(26)14-5-7-16(8-6-14)22-19(25)15-11-24(12-15)21-23-17-9-4-13(2)10-18(17)28-21/h4-10,15H,3,11-12H2,1-2H3,(H,22,25). The van der Waals surface area contributed by atoms with Crippen molar-refractivity contribution in [2.24, 2.45) is 5.92 Å². The Balaban J connectivity index is 1.33. The first-order valence-corrected chi connectivity index (χ1v) is 10.1. The number of aromatic nitrogens is 1. The van der Waals surface area contributed by atoms with Crippen LogP contribution in [-0.2, 0) is 9.53 Å². The summed E-state index contributed by atoms with van der Waals surface area (Å²) < 4.78 is 6.13. The number of carbonyl (C=O) groups is 2. The summed E-state index contributed by atoms with van der Waals surface area (Å²) in [4.78, 5) is 30.9. The average molecular weight is 395 g/mol. The number of benzene rings is 2. The smallest absolute Gasteiger partial charge is 0.338 e. The lowest BCUT2D eigenvalue weighted by Gasteiger charge is -2.37. The lowest BCUT2D eigenvalue weighted by atomic mass is 10.00. The number of thiazole rings is 1. The zero-order valence-corrected chi connectivity index (χ0v) is 16.6. The highest BCUT2D eigenvalue weighted by Gasteiger charge is 2.34. The maximum Gasteiger partial charge on any atom is 0.338 e. The molecule has 0 unspecified atom stereocenters. The van der Waals surface area contributed by atoms with Gasteiger partial charge in [-0.25, -0.2) is 9.78 Å². The van der Waals surface area contributed by atoms with Crippen LogP contribution in [0.15, 0.2) is 42.5 Å². The molecule has 1 N–H and O–H groups in total. The fraction of sp³-hybridized carbons (Fsp3) is 0.286. The summed E-state index contributed by atoms with van der Waals surface area (Å²) in [5.41, 5.74) is 3.37. The third kappa shape index (κ3) is 3.71. The van der Waals surface area contributed by atoms with Crippen molar-refractivity contribution >= 4 is 44.2 Å². The molecule has 0 spiro atoms. The van der Waals surface area contributed by atoms with Crippen LogP contribution in [0.25, 0.3) is 10.2 Å². The molecule has 0 atom stereocenters. The van der Waals surface area contributed by atoms with Crippen molar-refractivity contribution in [1.82, 2.24) is 4.98 Å². The van der Waals surface area contributed by atoms with Gasteiger partial charge < -0.3 is 15.0 Å². The lowest BCUT2D eigenvalue weighted by Crippen LogP contribution is -2.52. The largest absolute Gasteiger partial charge is 0.462 e. The minimum absolute atomic E-state index is 0.0166. The van der Waals surface area contributed by atoms with Crippen LogP contribution in [0.3, 0.4) is 0 Å². The van der Waals surface area contributed by atoms with Crippen LogP contribution in [0, 0.1) is 12.8 Å². The molecule has 7 heteroatoms. The molecule has 6 nitrogen and oxygen atoms in total. The third-order valence-electron chi connectivity index (χ3n) is 4.72. The van der Waals surface area contributed by atoms with Crippen LogP contribution in [-0.4, -0.2) is 36.6 Å². The highest BCUT2D eigenvalue weighted by Crippen LogP contribution is 2.33. The van der Waals surface area contributed by atoms with E-state index >= 15 is 0 Å². The number of rotatable bonds is 5. The van der Waals surface area contributed by atoms with E-state index in [0.29, 0.717) is 30.9 Å². The topological polar surface area (TPSA) is 71.5 Å². The van der Waals surface area contributed by atoms with Crippen LogP contribution in [0.2, 0.25) is 0 Å².